The zero-order chi connectivity index (χ0) is 12.1. The molecule has 16 heavy (non-hydrogen) atoms. The van der Waals surface area contributed by atoms with Gasteiger partial charge in [0.05, 0.1) is 6.10 Å². The lowest BCUT2D eigenvalue weighted by Crippen LogP contribution is -2.21. The molecule has 0 aliphatic rings. The maximum absolute atomic E-state index is 9.22. The number of aliphatic hydroxyl groups is 1. The third-order valence-electron chi connectivity index (χ3n) is 2.74. The van der Waals surface area contributed by atoms with E-state index in [0.717, 1.165) is 24.2 Å². The van der Waals surface area contributed by atoms with Gasteiger partial charge in [-0.15, -0.1) is 0 Å². The highest BCUT2D eigenvalue weighted by molar-refractivity contribution is 5.47. The molecule has 1 aromatic carbocycles. The van der Waals surface area contributed by atoms with Crippen LogP contribution < -0.4 is 10.6 Å². The number of aliphatic hydroxyl groups excluding tert-OH is 1. The second kappa shape index (κ2) is 5.87. The molecule has 0 bridgehead atoms. The van der Waals surface area contributed by atoms with Crippen molar-refractivity contribution in [3.8, 4) is 0 Å². The summed E-state index contributed by atoms with van der Waals surface area (Å²) in [6.45, 7) is 4.65. The van der Waals surface area contributed by atoms with E-state index in [1.54, 1.807) is 0 Å². The van der Waals surface area contributed by atoms with Gasteiger partial charge in [0.15, 0.2) is 0 Å². The largest absolute Gasteiger partial charge is 0.393 e. The number of rotatable bonds is 5. The van der Waals surface area contributed by atoms with Gasteiger partial charge in [-0.05, 0) is 38.0 Å². The number of benzene rings is 1. The van der Waals surface area contributed by atoms with E-state index in [1.165, 1.54) is 0 Å². The minimum absolute atomic E-state index is 0.0804. The smallest absolute Gasteiger partial charge is 0.0528 e. The molecular weight excluding hydrogens is 200 g/mol. The van der Waals surface area contributed by atoms with Gasteiger partial charge in [0.2, 0.25) is 0 Å². The van der Waals surface area contributed by atoms with Crippen LogP contribution in [0, 0.1) is 0 Å². The second-order valence-electron chi connectivity index (χ2n) is 4.44. The van der Waals surface area contributed by atoms with Crippen LogP contribution >= 0.6 is 0 Å². The summed E-state index contributed by atoms with van der Waals surface area (Å²) >= 11 is 0. The zero-order valence-electron chi connectivity index (χ0n) is 10.4. The summed E-state index contributed by atoms with van der Waals surface area (Å²) in [7, 11) is 2.03. The number of hydrogen-bond donors (Lipinski definition) is 2. The maximum atomic E-state index is 9.22. The molecule has 0 aliphatic carbocycles. The van der Waals surface area contributed by atoms with Gasteiger partial charge < -0.3 is 15.7 Å². The van der Waals surface area contributed by atoms with Crippen LogP contribution in [0.4, 0.5) is 5.69 Å². The van der Waals surface area contributed by atoms with Gasteiger partial charge in [0, 0.05) is 25.3 Å². The van der Waals surface area contributed by atoms with Crippen LogP contribution in [0.5, 0.6) is 0 Å². The van der Waals surface area contributed by atoms with Crippen molar-refractivity contribution in [2.24, 2.45) is 5.73 Å². The third kappa shape index (κ3) is 3.83. The van der Waals surface area contributed by atoms with Crippen molar-refractivity contribution in [3.05, 3.63) is 29.8 Å². The minimum Gasteiger partial charge on any atom is -0.393 e. The minimum atomic E-state index is -0.245. The van der Waals surface area contributed by atoms with E-state index in [0.29, 0.717) is 0 Å². The van der Waals surface area contributed by atoms with Crippen LogP contribution in [0.15, 0.2) is 24.3 Å². The molecule has 0 saturated heterocycles. The average molecular weight is 222 g/mol. The number of nitrogens with zero attached hydrogens (tertiary/aromatic N) is 1. The zero-order valence-corrected chi connectivity index (χ0v) is 10.4. The Kier molecular flexibility index (Phi) is 4.77. The van der Waals surface area contributed by atoms with Gasteiger partial charge in [-0.1, -0.05) is 12.1 Å². The summed E-state index contributed by atoms with van der Waals surface area (Å²) in [5, 5.41) is 9.22. The molecule has 0 aliphatic heterocycles. The maximum Gasteiger partial charge on any atom is 0.0528 e. The Bertz CT molecular complexity index is 306. The molecule has 0 amide bonds. The Morgan fingerprint density at radius 2 is 1.81 bits per heavy atom. The molecule has 0 saturated carbocycles. The molecule has 90 valence electrons. The molecule has 2 atom stereocenters. The van der Waals surface area contributed by atoms with Gasteiger partial charge >= 0.3 is 0 Å². The molecule has 1 rings (SSSR count). The molecule has 3 N–H and O–H groups in total. The molecule has 3 heteroatoms. The van der Waals surface area contributed by atoms with Gasteiger partial charge in [0.1, 0.15) is 0 Å². The van der Waals surface area contributed by atoms with E-state index >= 15 is 0 Å². The Balaban J connectivity index is 2.59. The lowest BCUT2D eigenvalue weighted by atomic mass is 10.1. The SMILES string of the molecule is CC(O)CCN(C)c1ccc([C@H](C)N)cc1. The fourth-order valence-corrected chi connectivity index (χ4v) is 1.54. The van der Waals surface area contributed by atoms with E-state index < -0.39 is 0 Å². The molecule has 0 heterocycles. The van der Waals surface area contributed by atoms with Crippen molar-refractivity contribution < 1.29 is 5.11 Å². The number of anilines is 1. The Labute approximate surface area is 97.9 Å². The summed E-state index contributed by atoms with van der Waals surface area (Å²) in [6, 6.07) is 8.33. The van der Waals surface area contributed by atoms with Crippen molar-refractivity contribution in [1.82, 2.24) is 0 Å². The van der Waals surface area contributed by atoms with E-state index in [2.05, 4.69) is 29.2 Å². The first-order valence-corrected chi connectivity index (χ1v) is 5.75. The molecule has 0 spiro atoms. The van der Waals surface area contributed by atoms with Crippen molar-refractivity contribution >= 4 is 5.69 Å². The second-order valence-corrected chi connectivity index (χ2v) is 4.44. The molecule has 0 radical (unpaired) electrons. The van der Waals surface area contributed by atoms with Crippen LogP contribution in [-0.4, -0.2) is 24.8 Å². The highest BCUT2D eigenvalue weighted by Gasteiger charge is 2.04. The molecule has 3 nitrogen and oxygen atoms in total. The first-order chi connectivity index (χ1) is 7.50. The van der Waals surface area contributed by atoms with Crippen molar-refractivity contribution in [2.45, 2.75) is 32.4 Å². The molecule has 0 fully saturated rings. The first kappa shape index (κ1) is 13.0. The highest BCUT2D eigenvalue weighted by Crippen LogP contribution is 2.17. The lowest BCUT2D eigenvalue weighted by molar-refractivity contribution is 0.187. The standard InChI is InChI=1S/C13H22N2O/c1-10(16)8-9-15(3)13-6-4-12(5-7-13)11(2)14/h4-7,10-11,16H,8-9,14H2,1-3H3/t10?,11-/m0/s1. The van der Waals surface area contributed by atoms with Crippen LogP contribution in [0.3, 0.4) is 0 Å². The van der Waals surface area contributed by atoms with Crippen molar-refractivity contribution in [1.29, 1.82) is 0 Å². The fourth-order valence-electron chi connectivity index (χ4n) is 1.54. The van der Waals surface area contributed by atoms with E-state index in [-0.39, 0.29) is 12.1 Å². The quantitative estimate of drug-likeness (QED) is 0.800. The summed E-state index contributed by atoms with van der Waals surface area (Å²) in [5.41, 5.74) is 8.10. The Morgan fingerprint density at radius 3 is 2.25 bits per heavy atom. The van der Waals surface area contributed by atoms with Gasteiger partial charge in [-0.25, -0.2) is 0 Å². The van der Waals surface area contributed by atoms with E-state index in [9.17, 15) is 5.11 Å². The van der Waals surface area contributed by atoms with E-state index in [1.807, 2.05) is 20.9 Å². The van der Waals surface area contributed by atoms with Crippen LogP contribution in [0.1, 0.15) is 31.9 Å². The average Bonchev–Trinajstić information content (AvgIpc) is 2.26. The summed E-state index contributed by atoms with van der Waals surface area (Å²) < 4.78 is 0. The first-order valence-electron chi connectivity index (χ1n) is 5.75. The van der Waals surface area contributed by atoms with Crippen LogP contribution in [0.2, 0.25) is 0 Å². The van der Waals surface area contributed by atoms with Crippen LogP contribution in [0.25, 0.3) is 0 Å². The van der Waals surface area contributed by atoms with Crippen LogP contribution in [-0.2, 0) is 0 Å². The Hall–Kier alpha value is -1.06. The highest BCUT2D eigenvalue weighted by atomic mass is 16.3. The predicted octanol–water partition coefficient (Wildman–Crippen LogP) is 1.91. The molecule has 0 aromatic heterocycles. The molecular formula is C13H22N2O. The number of nitrogens with two attached hydrogens (primary N) is 1. The summed E-state index contributed by atoms with van der Waals surface area (Å²) in [6.07, 6.45) is 0.539. The molecule has 1 unspecified atom stereocenters. The van der Waals surface area contributed by atoms with Gasteiger partial charge in [-0.2, -0.15) is 0 Å². The van der Waals surface area contributed by atoms with Crippen molar-refractivity contribution in [2.75, 3.05) is 18.5 Å². The fraction of sp³-hybridized carbons (Fsp3) is 0.538. The van der Waals surface area contributed by atoms with E-state index in [4.69, 9.17) is 5.73 Å². The topological polar surface area (TPSA) is 49.5 Å². The normalized spacial score (nSPS) is 14.6. The monoisotopic (exact) mass is 222 g/mol. The lowest BCUT2D eigenvalue weighted by Gasteiger charge is -2.20. The van der Waals surface area contributed by atoms with Gasteiger partial charge in [0.25, 0.3) is 0 Å². The molecule has 1 aromatic rings. The van der Waals surface area contributed by atoms with Crippen molar-refractivity contribution in [3.63, 3.8) is 0 Å². The predicted molar refractivity (Wildman–Crippen MR) is 68.6 cm³/mol. The summed E-state index contributed by atoms with van der Waals surface area (Å²) in [5.74, 6) is 0. The summed E-state index contributed by atoms with van der Waals surface area (Å²) in [4.78, 5) is 2.14. The Morgan fingerprint density at radius 1 is 1.25 bits per heavy atom. The van der Waals surface area contributed by atoms with Gasteiger partial charge in [-0.3, -0.25) is 0 Å². The number of hydrogen-bond acceptors (Lipinski definition) is 3. The third-order valence-corrected chi connectivity index (χ3v) is 2.74.